The topological polar surface area (TPSA) is 59.7 Å². The lowest BCUT2D eigenvalue weighted by Gasteiger charge is -1.95. The predicted octanol–water partition coefficient (Wildman–Crippen LogP) is 0.529. The lowest BCUT2D eigenvalue weighted by Crippen LogP contribution is -2.16. The predicted molar refractivity (Wildman–Crippen MR) is 36.5 cm³/mol. The van der Waals surface area contributed by atoms with Gasteiger partial charge < -0.3 is 10.7 Å². The van der Waals surface area contributed by atoms with Crippen LogP contribution in [0.1, 0.15) is 12.8 Å². The second kappa shape index (κ2) is 7.12. The standard InChI is InChI=1S/C6H11N3/c7-3-1-5-9-6-2-4-8/h3,7,9H,1-2,5-6H2. The maximum Gasteiger partial charge on any atom is 0.0635 e. The van der Waals surface area contributed by atoms with E-state index in [1.54, 1.807) is 0 Å². The third-order valence-electron chi connectivity index (χ3n) is 0.879. The average molecular weight is 125 g/mol. The van der Waals surface area contributed by atoms with Crippen molar-refractivity contribution < 1.29 is 0 Å². The van der Waals surface area contributed by atoms with Crippen LogP contribution < -0.4 is 5.32 Å². The molecule has 0 aromatic heterocycles. The Balaban J connectivity index is 2.76. The van der Waals surface area contributed by atoms with Crippen LogP contribution in [0.2, 0.25) is 0 Å². The van der Waals surface area contributed by atoms with E-state index in [1.807, 2.05) is 6.07 Å². The number of hydrogen-bond acceptors (Lipinski definition) is 3. The molecule has 0 aliphatic carbocycles. The highest BCUT2D eigenvalue weighted by Gasteiger charge is 1.82. The summed E-state index contributed by atoms with van der Waals surface area (Å²) in [4.78, 5) is 0. The highest BCUT2D eigenvalue weighted by molar-refractivity contribution is 5.52. The molecule has 3 nitrogen and oxygen atoms in total. The van der Waals surface area contributed by atoms with Crippen LogP contribution in [0.3, 0.4) is 0 Å². The molecule has 0 amide bonds. The fraction of sp³-hybridized carbons (Fsp3) is 0.667. The van der Waals surface area contributed by atoms with Crippen molar-refractivity contribution in [1.82, 2.24) is 5.32 Å². The molecule has 0 aromatic carbocycles. The SMILES string of the molecule is N#CCCNCCC=N. The van der Waals surface area contributed by atoms with Gasteiger partial charge in [0, 0.05) is 19.5 Å². The molecule has 0 unspecified atom stereocenters. The van der Waals surface area contributed by atoms with Crippen LogP contribution >= 0.6 is 0 Å². The van der Waals surface area contributed by atoms with Gasteiger partial charge in [0.05, 0.1) is 6.07 Å². The van der Waals surface area contributed by atoms with Crippen molar-refractivity contribution in [2.75, 3.05) is 13.1 Å². The molecule has 0 aliphatic rings. The van der Waals surface area contributed by atoms with Gasteiger partial charge in [0.1, 0.15) is 0 Å². The molecule has 50 valence electrons. The van der Waals surface area contributed by atoms with Gasteiger partial charge >= 0.3 is 0 Å². The Kier molecular flexibility index (Phi) is 6.42. The average Bonchev–Trinajstić information content (AvgIpc) is 1.89. The quantitative estimate of drug-likeness (QED) is 0.416. The van der Waals surface area contributed by atoms with E-state index in [2.05, 4.69) is 5.32 Å². The molecule has 9 heavy (non-hydrogen) atoms. The van der Waals surface area contributed by atoms with E-state index in [-0.39, 0.29) is 0 Å². The molecule has 0 aromatic rings. The van der Waals surface area contributed by atoms with Crippen LogP contribution in [-0.2, 0) is 0 Å². The molecule has 2 N–H and O–H groups in total. The maximum atomic E-state index is 8.09. The second-order valence-corrected chi connectivity index (χ2v) is 1.65. The lowest BCUT2D eigenvalue weighted by atomic mass is 10.4. The molecule has 0 fully saturated rings. The molecule has 0 radical (unpaired) electrons. The van der Waals surface area contributed by atoms with Gasteiger partial charge in [-0.25, -0.2) is 0 Å². The number of nitrogens with zero attached hydrogens (tertiary/aromatic N) is 1. The highest BCUT2D eigenvalue weighted by Crippen LogP contribution is 1.71. The Morgan fingerprint density at radius 1 is 1.56 bits per heavy atom. The zero-order valence-electron chi connectivity index (χ0n) is 5.35. The van der Waals surface area contributed by atoms with Crippen LogP contribution in [0.25, 0.3) is 0 Å². The van der Waals surface area contributed by atoms with E-state index >= 15 is 0 Å². The lowest BCUT2D eigenvalue weighted by molar-refractivity contribution is 0.712. The van der Waals surface area contributed by atoms with E-state index in [9.17, 15) is 0 Å². The Bertz CT molecular complexity index is 103. The van der Waals surface area contributed by atoms with Gasteiger partial charge in [0.2, 0.25) is 0 Å². The molecule has 0 spiro atoms. The van der Waals surface area contributed by atoms with E-state index in [1.165, 1.54) is 6.21 Å². The van der Waals surface area contributed by atoms with Crippen molar-refractivity contribution >= 4 is 6.21 Å². The van der Waals surface area contributed by atoms with E-state index in [0.717, 1.165) is 19.5 Å². The van der Waals surface area contributed by atoms with Gasteiger partial charge in [-0.3, -0.25) is 0 Å². The summed E-state index contributed by atoms with van der Waals surface area (Å²) < 4.78 is 0. The first-order valence-electron chi connectivity index (χ1n) is 2.98. The summed E-state index contributed by atoms with van der Waals surface area (Å²) in [6.45, 7) is 1.55. The van der Waals surface area contributed by atoms with Gasteiger partial charge in [0.15, 0.2) is 0 Å². The second-order valence-electron chi connectivity index (χ2n) is 1.65. The van der Waals surface area contributed by atoms with Crippen LogP contribution in [0.15, 0.2) is 0 Å². The first-order chi connectivity index (χ1) is 4.41. The minimum atomic E-state index is 0.554. The molecule has 0 aliphatic heterocycles. The van der Waals surface area contributed by atoms with Crippen molar-refractivity contribution in [2.24, 2.45) is 0 Å². The van der Waals surface area contributed by atoms with E-state index < -0.39 is 0 Å². The molecule has 0 heterocycles. The Labute approximate surface area is 55.2 Å². The van der Waals surface area contributed by atoms with Gasteiger partial charge in [-0.2, -0.15) is 5.26 Å². The smallest absolute Gasteiger partial charge is 0.0635 e. The summed E-state index contributed by atoms with van der Waals surface area (Å²) in [5, 5.41) is 17.8. The molecule has 0 bridgehead atoms. The number of nitriles is 1. The largest absolute Gasteiger partial charge is 0.315 e. The summed E-state index contributed by atoms with van der Waals surface area (Å²) in [5.74, 6) is 0. The molecule has 3 heteroatoms. The van der Waals surface area contributed by atoms with Crippen LogP contribution in [0, 0.1) is 16.7 Å². The van der Waals surface area contributed by atoms with Crippen molar-refractivity contribution in [3.05, 3.63) is 0 Å². The fourth-order valence-corrected chi connectivity index (χ4v) is 0.444. The minimum Gasteiger partial charge on any atom is -0.315 e. The molecular formula is C6H11N3. The number of hydrogen-bond donors (Lipinski definition) is 2. The zero-order valence-corrected chi connectivity index (χ0v) is 5.35. The molecular weight excluding hydrogens is 114 g/mol. The minimum absolute atomic E-state index is 0.554. The van der Waals surface area contributed by atoms with Gasteiger partial charge in [-0.1, -0.05) is 0 Å². The summed E-state index contributed by atoms with van der Waals surface area (Å²) in [6, 6.07) is 2.03. The Morgan fingerprint density at radius 2 is 2.33 bits per heavy atom. The summed E-state index contributed by atoms with van der Waals surface area (Å²) in [7, 11) is 0. The summed E-state index contributed by atoms with van der Waals surface area (Å²) in [5.41, 5.74) is 0. The summed E-state index contributed by atoms with van der Waals surface area (Å²) in [6.07, 6.45) is 2.67. The van der Waals surface area contributed by atoms with Crippen molar-refractivity contribution in [1.29, 1.82) is 10.7 Å². The normalized spacial score (nSPS) is 8.33. The van der Waals surface area contributed by atoms with Crippen molar-refractivity contribution in [3.8, 4) is 6.07 Å². The number of nitrogens with one attached hydrogen (secondary N) is 2. The summed E-state index contributed by atoms with van der Waals surface area (Å²) >= 11 is 0. The molecule has 0 saturated heterocycles. The molecule has 0 saturated carbocycles. The van der Waals surface area contributed by atoms with Gasteiger partial charge in [0.25, 0.3) is 0 Å². The first kappa shape index (κ1) is 8.12. The van der Waals surface area contributed by atoms with Gasteiger partial charge in [-0.05, 0) is 12.6 Å². The van der Waals surface area contributed by atoms with Crippen LogP contribution in [-0.4, -0.2) is 19.3 Å². The third kappa shape index (κ3) is 7.12. The first-order valence-corrected chi connectivity index (χ1v) is 2.98. The maximum absolute atomic E-state index is 8.09. The molecule has 0 atom stereocenters. The fourth-order valence-electron chi connectivity index (χ4n) is 0.444. The van der Waals surface area contributed by atoms with E-state index in [0.29, 0.717) is 6.42 Å². The monoisotopic (exact) mass is 125 g/mol. The van der Waals surface area contributed by atoms with Crippen molar-refractivity contribution in [3.63, 3.8) is 0 Å². The van der Waals surface area contributed by atoms with Crippen LogP contribution in [0.5, 0.6) is 0 Å². The third-order valence-corrected chi connectivity index (χ3v) is 0.879. The van der Waals surface area contributed by atoms with Gasteiger partial charge in [-0.15, -0.1) is 0 Å². The Hall–Kier alpha value is -0.880. The van der Waals surface area contributed by atoms with Crippen molar-refractivity contribution in [2.45, 2.75) is 12.8 Å². The van der Waals surface area contributed by atoms with Crippen LogP contribution in [0.4, 0.5) is 0 Å². The zero-order chi connectivity index (χ0) is 6.95. The number of rotatable bonds is 5. The molecule has 0 rings (SSSR count). The Morgan fingerprint density at radius 3 is 2.89 bits per heavy atom. The highest BCUT2D eigenvalue weighted by atomic mass is 14.8. The van der Waals surface area contributed by atoms with E-state index in [4.69, 9.17) is 10.7 Å².